The van der Waals surface area contributed by atoms with Gasteiger partial charge in [-0.1, -0.05) is 38.8 Å². The fourth-order valence-corrected chi connectivity index (χ4v) is 4.72. The van der Waals surface area contributed by atoms with Crippen LogP contribution in [-0.4, -0.2) is 96.9 Å². The lowest BCUT2D eigenvalue weighted by Crippen LogP contribution is -2.45. The van der Waals surface area contributed by atoms with Crippen molar-refractivity contribution in [2.24, 2.45) is 0 Å². The van der Waals surface area contributed by atoms with Gasteiger partial charge in [0.05, 0.1) is 19.7 Å². The number of unbranched alkanes of at least 4 members (excludes halogenated alkanes) is 2. The lowest BCUT2D eigenvalue weighted by Gasteiger charge is -2.27. The molecule has 0 bridgehead atoms. The van der Waals surface area contributed by atoms with Crippen molar-refractivity contribution >= 4 is 18.3 Å². The molecule has 232 valence electrons. The van der Waals surface area contributed by atoms with E-state index in [0.29, 0.717) is 12.3 Å². The van der Waals surface area contributed by atoms with E-state index in [1.165, 1.54) is 0 Å². The molecule has 1 saturated heterocycles. The second-order valence-corrected chi connectivity index (χ2v) is 11.4. The van der Waals surface area contributed by atoms with Crippen LogP contribution in [0.2, 0.25) is 0 Å². The number of ether oxygens (including phenoxy) is 4. The Kier molecular flexibility index (Phi) is 14.0. The monoisotopic (exact) mass is 579 g/mol. The van der Waals surface area contributed by atoms with Gasteiger partial charge in [0.2, 0.25) is 0 Å². The zero-order chi connectivity index (χ0) is 30.4. The standard InChI is InChI=1S/C30H49N3O8/c1-7-9-17-32(18-10-8-2)19-11-16-31-27(34)40-26-24(20-22-12-14-23(38-6)15-13-22)33(28(35)36)21-25(26)39-29(37)41-30(3,4)5/h12-15,24-26H,7-11,16-21H2,1-6H3,(H,31,34)(H,35,36)/t24-,25+,26+/m1/s1. The average Bonchev–Trinajstić information content (AvgIpc) is 3.23. The van der Waals surface area contributed by atoms with Crippen LogP contribution in [0.4, 0.5) is 14.4 Å². The highest BCUT2D eigenvalue weighted by molar-refractivity contribution is 5.69. The molecule has 0 radical (unpaired) electrons. The van der Waals surface area contributed by atoms with Gasteiger partial charge in [-0.15, -0.1) is 0 Å². The minimum atomic E-state index is -1.20. The highest BCUT2D eigenvalue weighted by Gasteiger charge is 2.49. The number of carbonyl (C=O) groups excluding carboxylic acids is 2. The first-order valence-corrected chi connectivity index (χ1v) is 14.7. The second kappa shape index (κ2) is 16.9. The Balaban J connectivity index is 2.12. The number of rotatable bonds is 15. The fourth-order valence-electron chi connectivity index (χ4n) is 4.72. The van der Waals surface area contributed by atoms with Gasteiger partial charge in [0.1, 0.15) is 11.4 Å². The normalized spacial score (nSPS) is 18.7. The zero-order valence-electron chi connectivity index (χ0n) is 25.5. The molecule has 1 fully saturated rings. The van der Waals surface area contributed by atoms with Gasteiger partial charge in [0, 0.05) is 6.54 Å². The number of carbonyl (C=O) groups is 3. The zero-order valence-corrected chi connectivity index (χ0v) is 25.5. The third-order valence-corrected chi connectivity index (χ3v) is 6.83. The van der Waals surface area contributed by atoms with Crippen LogP contribution in [0, 0.1) is 0 Å². The van der Waals surface area contributed by atoms with Gasteiger partial charge in [-0.05, 0) is 83.8 Å². The number of nitrogens with zero attached hydrogens (tertiary/aromatic N) is 2. The van der Waals surface area contributed by atoms with Gasteiger partial charge in [0.25, 0.3) is 0 Å². The molecule has 0 saturated carbocycles. The number of benzene rings is 1. The van der Waals surface area contributed by atoms with Crippen molar-refractivity contribution in [3.63, 3.8) is 0 Å². The molecule has 1 aromatic rings. The minimum absolute atomic E-state index is 0.156. The quantitative estimate of drug-likeness (QED) is 0.210. The maximum atomic E-state index is 12.9. The molecule has 1 aliphatic rings. The molecule has 1 heterocycles. The molecule has 0 spiro atoms. The molecule has 0 unspecified atom stereocenters. The van der Waals surface area contributed by atoms with Crippen LogP contribution in [0.3, 0.4) is 0 Å². The van der Waals surface area contributed by atoms with E-state index in [-0.39, 0.29) is 13.0 Å². The Labute approximate surface area is 244 Å². The topological polar surface area (TPSA) is 127 Å². The van der Waals surface area contributed by atoms with Gasteiger partial charge in [-0.25, -0.2) is 14.4 Å². The number of hydrogen-bond donors (Lipinski definition) is 2. The molecular weight excluding hydrogens is 530 g/mol. The molecule has 11 nitrogen and oxygen atoms in total. The van der Waals surface area contributed by atoms with E-state index in [9.17, 15) is 19.5 Å². The molecule has 0 aromatic heterocycles. The summed E-state index contributed by atoms with van der Waals surface area (Å²) < 4.78 is 21.8. The molecule has 2 N–H and O–H groups in total. The summed E-state index contributed by atoms with van der Waals surface area (Å²) in [4.78, 5) is 41.2. The fraction of sp³-hybridized carbons (Fsp3) is 0.700. The number of carboxylic acid groups (broad SMARTS) is 1. The Bertz CT molecular complexity index is 942. The van der Waals surface area contributed by atoms with Crippen molar-refractivity contribution in [2.45, 2.75) is 97.0 Å². The smallest absolute Gasteiger partial charge is 0.497 e. The van der Waals surface area contributed by atoms with Crippen LogP contribution in [0.5, 0.6) is 5.75 Å². The van der Waals surface area contributed by atoms with Crippen LogP contribution in [0.15, 0.2) is 24.3 Å². The number of likely N-dealkylation sites (tertiary alicyclic amines) is 1. The third-order valence-electron chi connectivity index (χ3n) is 6.83. The van der Waals surface area contributed by atoms with E-state index in [2.05, 4.69) is 24.1 Å². The van der Waals surface area contributed by atoms with Crippen molar-refractivity contribution in [3.8, 4) is 5.75 Å². The summed E-state index contributed by atoms with van der Waals surface area (Å²) in [7, 11) is 1.56. The molecule has 0 aliphatic carbocycles. The van der Waals surface area contributed by atoms with Gasteiger partial charge in [-0.2, -0.15) is 0 Å². The van der Waals surface area contributed by atoms with Crippen molar-refractivity contribution in [2.75, 3.05) is 39.8 Å². The van der Waals surface area contributed by atoms with Crippen molar-refractivity contribution < 1.29 is 38.4 Å². The van der Waals surface area contributed by atoms with Crippen molar-refractivity contribution in [3.05, 3.63) is 29.8 Å². The first-order chi connectivity index (χ1) is 19.5. The molecule has 3 atom stereocenters. The van der Waals surface area contributed by atoms with Crippen LogP contribution in [0.1, 0.15) is 72.3 Å². The van der Waals surface area contributed by atoms with E-state index >= 15 is 0 Å². The number of methoxy groups -OCH3 is 1. The van der Waals surface area contributed by atoms with Crippen LogP contribution >= 0.6 is 0 Å². The Morgan fingerprint density at radius 1 is 1.00 bits per heavy atom. The predicted molar refractivity (Wildman–Crippen MR) is 155 cm³/mol. The third kappa shape index (κ3) is 12.0. The van der Waals surface area contributed by atoms with E-state index in [4.69, 9.17) is 18.9 Å². The molecule has 11 heteroatoms. The first-order valence-electron chi connectivity index (χ1n) is 14.7. The SMILES string of the molecule is CCCCN(CCCC)CCCNC(=O)O[C@@H]1[C@@H](OC(=O)OC(C)(C)C)CN(C(=O)O)[C@@H]1Cc1ccc(OC)cc1. The molecule has 2 amide bonds. The highest BCUT2D eigenvalue weighted by Crippen LogP contribution is 2.29. The predicted octanol–water partition coefficient (Wildman–Crippen LogP) is 5.31. The highest BCUT2D eigenvalue weighted by atomic mass is 16.7. The van der Waals surface area contributed by atoms with E-state index in [1.54, 1.807) is 40.0 Å². The maximum Gasteiger partial charge on any atom is 0.509 e. The average molecular weight is 580 g/mol. The van der Waals surface area contributed by atoms with Crippen LogP contribution < -0.4 is 10.1 Å². The summed E-state index contributed by atoms with van der Waals surface area (Å²) in [6.45, 7) is 12.6. The first kappa shape index (κ1) is 34.0. The van der Waals surface area contributed by atoms with Crippen molar-refractivity contribution in [1.82, 2.24) is 15.1 Å². The molecular formula is C30H49N3O8. The summed E-state index contributed by atoms with van der Waals surface area (Å²) in [5.41, 5.74) is 0.00815. The molecule has 1 aliphatic heterocycles. The van der Waals surface area contributed by atoms with Gasteiger partial charge in [-0.3, -0.25) is 4.90 Å². The molecule has 2 rings (SSSR count). The number of alkyl carbamates (subject to hydrolysis) is 1. The minimum Gasteiger partial charge on any atom is -0.497 e. The van der Waals surface area contributed by atoms with Gasteiger partial charge < -0.3 is 34.3 Å². The largest absolute Gasteiger partial charge is 0.509 e. The van der Waals surface area contributed by atoms with Crippen molar-refractivity contribution in [1.29, 1.82) is 0 Å². The summed E-state index contributed by atoms with van der Waals surface area (Å²) in [6, 6.07) is 6.41. The molecule has 41 heavy (non-hydrogen) atoms. The van der Waals surface area contributed by atoms with Crippen LogP contribution in [0.25, 0.3) is 0 Å². The molecule has 1 aromatic carbocycles. The summed E-state index contributed by atoms with van der Waals surface area (Å²) in [6.07, 6.45) is 0.614. The summed E-state index contributed by atoms with van der Waals surface area (Å²) in [5, 5.41) is 12.7. The summed E-state index contributed by atoms with van der Waals surface area (Å²) >= 11 is 0. The number of amides is 2. The van der Waals surface area contributed by atoms with E-state index < -0.39 is 42.2 Å². The van der Waals surface area contributed by atoms with Crippen LogP contribution in [-0.2, 0) is 20.6 Å². The maximum absolute atomic E-state index is 12.9. The van der Waals surface area contributed by atoms with Gasteiger partial charge >= 0.3 is 18.3 Å². The lowest BCUT2D eigenvalue weighted by molar-refractivity contribution is -0.0518. The Morgan fingerprint density at radius 3 is 2.15 bits per heavy atom. The number of hydrogen-bond acceptors (Lipinski definition) is 8. The Hall–Kier alpha value is -3.21. The van der Waals surface area contributed by atoms with E-state index in [1.807, 2.05) is 12.1 Å². The lowest BCUT2D eigenvalue weighted by atomic mass is 10.0. The van der Waals surface area contributed by atoms with Gasteiger partial charge in [0.15, 0.2) is 12.2 Å². The Morgan fingerprint density at radius 2 is 1.61 bits per heavy atom. The number of nitrogens with one attached hydrogen (secondary N) is 1. The van der Waals surface area contributed by atoms with E-state index in [0.717, 1.165) is 62.2 Å². The second-order valence-electron chi connectivity index (χ2n) is 11.4. The summed E-state index contributed by atoms with van der Waals surface area (Å²) in [5.74, 6) is 0.663.